The maximum absolute atomic E-state index is 13.5. The van der Waals surface area contributed by atoms with Crippen LogP contribution in [0.2, 0.25) is 0 Å². The molecule has 0 atom stereocenters. The van der Waals surface area contributed by atoms with Crippen molar-refractivity contribution >= 4 is 40.9 Å². The molecule has 2 aromatic carbocycles. The number of anilines is 3. The van der Waals surface area contributed by atoms with Gasteiger partial charge in [-0.05, 0) is 42.5 Å². The summed E-state index contributed by atoms with van der Waals surface area (Å²) in [7, 11) is 2.71. The molecule has 15 heteroatoms. The van der Waals surface area contributed by atoms with Crippen LogP contribution in [0.1, 0.15) is 16.1 Å². The number of urea groups is 2. The predicted octanol–water partition coefficient (Wildman–Crippen LogP) is 3.53. The van der Waals surface area contributed by atoms with Gasteiger partial charge in [0.15, 0.2) is 6.20 Å². The van der Waals surface area contributed by atoms with Crippen molar-refractivity contribution in [2.24, 2.45) is 0 Å². The highest BCUT2D eigenvalue weighted by Gasteiger charge is 2.37. The van der Waals surface area contributed by atoms with Gasteiger partial charge in [-0.2, -0.15) is 17.9 Å². The lowest BCUT2D eigenvalue weighted by molar-refractivity contribution is -0.607. The molecule has 0 bridgehead atoms. The van der Waals surface area contributed by atoms with Gasteiger partial charge in [0.2, 0.25) is 0 Å². The van der Waals surface area contributed by atoms with Gasteiger partial charge in [-0.3, -0.25) is 9.59 Å². The Kier molecular flexibility index (Phi) is 7.48. The lowest BCUT2D eigenvalue weighted by atomic mass is 10.1. The Balaban J connectivity index is 1.47. The molecule has 4 rings (SSSR count). The Hall–Kier alpha value is -5.34. The SMILES string of the molecule is CNC(=O)c1cc(Oc2ccc(NC(=O)Nc3cc(N4C(=O)CN(C)C4=O)cc(C(F)(F)F)c3)cc2)cc[n+]1[O-]. The minimum atomic E-state index is -4.82. The normalized spacial score (nSPS) is 13.3. The van der Waals surface area contributed by atoms with Crippen molar-refractivity contribution in [2.75, 3.05) is 36.2 Å². The molecule has 1 fully saturated rings. The summed E-state index contributed by atoms with van der Waals surface area (Å²) in [4.78, 5) is 50.4. The van der Waals surface area contributed by atoms with Crippen LogP contribution in [-0.4, -0.2) is 49.4 Å². The van der Waals surface area contributed by atoms with Crippen molar-refractivity contribution in [2.45, 2.75) is 6.18 Å². The molecule has 6 amide bonds. The molecule has 208 valence electrons. The van der Waals surface area contributed by atoms with Crippen LogP contribution in [0.25, 0.3) is 0 Å². The maximum atomic E-state index is 13.5. The van der Waals surface area contributed by atoms with Crippen molar-refractivity contribution in [1.82, 2.24) is 10.2 Å². The Morgan fingerprint density at radius 3 is 2.25 bits per heavy atom. The number of aromatic nitrogens is 1. The third-order valence-electron chi connectivity index (χ3n) is 5.60. The molecule has 0 unspecified atom stereocenters. The highest BCUT2D eigenvalue weighted by Crippen LogP contribution is 2.35. The average Bonchev–Trinajstić information content (AvgIpc) is 3.15. The number of nitrogens with one attached hydrogen (secondary N) is 3. The number of alkyl halides is 3. The Morgan fingerprint density at radius 1 is 0.975 bits per heavy atom. The highest BCUT2D eigenvalue weighted by molar-refractivity contribution is 6.20. The second-order valence-corrected chi connectivity index (χ2v) is 8.49. The third-order valence-corrected chi connectivity index (χ3v) is 5.60. The van der Waals surface area contributed by atoms with Gasteiger partial charge in [-0.1, -0.05) is 0 Å². The molecule has 1 aliphatic rings. The molecule has 40 heavy (non-hydrogen) atoms. The first kappa shape index (κ1) is 27.7. The van der Waals surface area contributed by atoms with Gasteiger partial charge in [-0.25, -0.2) is 14.5 Å². The number of carbonyl (C=O) groups excluding carboxylic acids is 4. The zero-order chi connectivity index (χ0) is 29.2. The average molecular weight is 558 g/mol. The summed E-state index contributed by atoms with van der Waals surface area (Å²) in [5.74, 6) is -0.822. The standard InChI is InChI=1S/C25H21F3N6O6/c1-29-22(36)20-12-19(7-8-33(20)39)40-18-5-3-15(4-6-18)30-23(37)31-16-9-14(25(26,27)28)10-17(11-16)34-21(35)13-32(2)24(34)38/h3-12H,13H2,1-2H3,(H,29,36)(H2,30,31,37). The quantitative estimate of drug-likeness (QED) is 0.240. The van der Waals surface area contributed by atoms with Crippen LogP contribution in [0.3, 0.4) is 0 Å². The third kappa shape index (κ3) is 6.03. The number of ether oxygens (including phenoxy) is 1. The second kappa shape index (κ2) is 10.8. The Labute approximate surface area is 224 Å². The van der Waals surface area contributed by atoms with E-state index in [0.717, 1.165) is 17.2 Å². The Bertz CT molecular complexity index is 1500. The topological polar surface area (TPSA) is 147 Å². The molecular weight excluding hydrogens is 537 g/mol. The summed E-state index contributed by atoms with van der Waals surface area (Å²) >= 11 is 0. The summed E-state index contributed by atoms with van der Waals surface area (Å²) in [6, 6.07) is 9.14. The van der Waals surface area contributed by atoms with Crippen LogP contribution < -0.4 is 30.3 Å². The van der Waals surface area contributed by atoms with Crippen molar-refractivity contribution in [3.05, 3.63) is 77.3 Å². The summed E-state index contributed by atoms with van der Waals surface area (Å²) in [6.45, 7) is -0.295. The van der Waals surface area contributed by atoms with E-state index in [2.05, 4.69) is 16.0 Å². The molecule has 1 saturated heterocycles. The van der Waals surface area contributed by atoms with Crippen LogP contribution in [0.15, 0.2) is 60.8 Å². The number of carbonyl (C=O) groups is 4. The van der Waals surface area contributed by atoms with E-state index in [0.29, 0.717) is 27.5 Å². The van der Waals surface area contributed by atoms with Crippen molar-refractivity contribution in [1.29, 1.82) is 0 Å². The van der Waals surface area contributed by atoms with Gasteiger partial charge in [0.1, 0.15) is 18.0 Å². The smallest absolute Gasteiger partial charge is 0.416 e. The number of nitrogens with zero attached hydrogens (tertiary/aromatic N) is 3. The summed E-state index contributed by atoms with van der Waals surface area (Å²) < 4.78 is 46.5. The Morgan fingerprint density at radius 2 is 1.65 bits per heavy atom. The minimum absolute atomic E-state index is 0.182. The molecule has 0 radical (unpaired) electrons. The molecular formula is C25H21F3N6O6. The zero-order valence-corrected chi connectivity index (χ0v) is 20.9. The summed E-state index contributed by atoms with van der Waals surface area (Å²) in [5.41, 5.74) is -1.74. The highest BCUT2D eigenvalue weighted by atomic mass is 19.4. The molecule has 0 aliphatic carbocycles. The molecule has 2 heterocycles. The van der Waals surface area contributed by atoms with Gasteiger partial charge >= 0.3 is 24.1 Å². The lowest BCUT2D eigenvalue weighted by Crippen LogP contribution is -2.37. The lowest BCUT2D eigenvalue weighted by Gasteiger charge is -2.18. The number of benzene rings is 2. The van der Waals surface area contributed by atoms with Crippen molar-refractivity contribution in [3.63, 3.8) is 0 Å². The van der Waals surface area contributed by atoms with E-state index in [1.165, 1.54) is 50.5 Å². The first-order valence-corrected chi connectivity index (χ1v) is 11.5. The van der Waals surface area contributed by atoms with E-state index in [-0.39, 0.29) is 35.1 Å². The fraction of sp³-hybridized carbons (Fsp3) is 0.160. The van der Waals surface area contributed by atoms with Crippen LogP contribution in [0, 0.1) is 5.21 Å². The molecule has 1 aliphatic heterocycles. The van der Waals surface area contributed by atoms with Gasteiger partial charge < -0.3 is 30.8 Å². The number of pyridine rings is 1. The monoisotopic (exact) mass is 558 g/mol. The molecule has 3 N–H and O–H groups in total. The van der Waals surface area contributed by atoms with Crippen LogP contribution in [0.4, 0.5) is 39.8 Å². The molecule has 3 aromatic rings. The van der Waals surface area contributed by atoms with E-state index in [4.69, 9.17) is 4.74 Å². The van der Waals surface area contributed by atoms with Gasteiger partial charge in [-0.15, -0.1) is 0 Å². The fourth-order valence-corrected chi connectivity index (χ4v) is 3.71. The molecule has 1 aromatic heterocycles. The van der Waals surface area contributed by atoms with Crippen molar-refractivity contribution < 1.29 is 41.8 Å². The first-order valence-electron chi connectivity index (χ1n) is 11.5. The van der Waals surface area contributed by atoms with E-state index in [1.54, 1.807) is 0 Å². The summed E-state index contributed by atoms with van der Waals surface area (Å²) in [6.07, 6.45) is -3.71. The van der Waals surface area contributed by atoms with Gasteiger partial charge in [0.25, 0.3) is 11.6 Å². The molecule has 12 nitrogen and oxygen atoms in total. The van der Waals surface area contributed by atoms with Gasteiger partial charge in [0, 0.05) is 31.5 Å². The largest absolute Gasteiger partial charge is 0.618 e. The predicted molar refractivity (Wildman–Crippen MR) is 135 cm³/mol. The zero-order valence-electron chi connectivity index (χ0n) is 20.9. The van der Waals surface area contributed by atoms with Crippen LogP contribution >= 0.6 is 0 Å². The fourth-order valence-electron chi connectivity index (χ4n) is 3.71. The number of rotatable bonds is 6. The molecule has 0 saturated carbocycles. The minimum Gasteiger partial charge on any atom is -0.618 e. The number of halogens is 3. The van der Waals surface area contributed by atoms with Crippen LogP contribution in [0.5, 0.6) is 11.5 Å². The number of hydrogen-bond acceptors (Lipinski definition) is 6. The first-order chi connectivity index (χ1) is 18.8. The van der Waals surface area contributed by atoms with E-state index in [9.17, 15) is 37.6 Å². The van der Waals surface area contributed by atoms with Gasteiger partial charge in [0.05, 0.1) is 17.3 Å². The van der Waals surface area contributed by atoms with Crippen molar-refractivity contribution in [3.8, 4) is 11.5 Å². The van der Waals surface area contributed by atoms with E-state index < -0.39 is 35.6 Å². The maximum Gasteiger partial charge on any atom is 0.416 e. The number of imide groups is 1. The number of amides is 6. The van der Waals surface area contributed by atoms with E-state index in [1.807, 2.05) is 0 Å². The van der Waals surface area contributed by atoms with Crippen LogP contribution in [-0.2, 0) is 11.0 Å². The second-order valence-electron chi connectivity index (χ2n) is 8.49. The number of hydrogen-bond donors (Lipinski definition) is 3. The number of likely N-dealkylation sites (N-methyl/N-ethyl adjacent to an activating group) is 1. The van der Waals surface area contributed by atoms with E-state index >= 15 is 0 Å². The molecule has 0 spiro atoms. The summed E-state index contributed by atoms with van der Waals surface area (Å²) in [5, 5.41) is 18.8.